The Labute approximate surface area is 153 Å². The van der Waals surface area contributed by atoms with Crippen molar-refractivity contribution in [2.24, 2.45) is 0 Å². The summed E-state index contributed by atoms with van der Waals surface area (Å²) in [4.78, 5) is 20.1. The first-order chi connectivity index (χ1) is 11.9. The van der Waals surface area contributed by atoms with Gasteiger partial charge in [-0.25, -0.2) is 9.78 Å². The fourth-order valence-corrected chi connectivity index (χ4v) is 3.92. The Morgan fingerprint density at radius 2 is 1.96 bits per heavy atom. The lowest BCUT2D eigenvalue weighted by molar-refractivity contribution is 0.0222. The Morgan fingerprint density at radius 1 is 1.20 bits per heavy atom. The van der Waals surface area contributed by atoms with E-state index in [1.54, 1.807) is 11.8 Å². The summed E-state index contributed by atoms with van der Waals surface area (Å²) in [5, 5.41) is 0.953. The van der Waals surface area contributed by atoms with Gasteiger partial charge in [-0.1, -0.05) is 36.0 Å². The lowest BCUT2D eigenvalue weighted by Gasteiger charge is -2.29. The molecule has 0 saturated carbocycles. The smallest absolute Gasteiger partial charge is 0.410 e. The van der Waals surface area contributed by atoms with Gasteiger partial charge in [0, 0.05) is 23.2 Å². The van der Waals surface area contributed by atoms with Gasteiger partial charge in [-0.3, -0.25) is 0 Å². The number of hydrogen-bond donors (Lipinski definition) is 0. The van der Waals surface area contributed by atoms with Crippen LogP contribution in [0.2, 0.25) is 0 Å². The van der Waals surface area contributed by atoms with E-state index in [4.69, 9.17) is 4.74 Å². The van der Waals surface area contributed by atoms with Crippen LogP contribution >= 0.6 is 11.8 Å². The van der Waals surface area contributed by atoms with Crippen molar-refractivity contribution in [1.29, 1.82) is 0 Å². The Bertz CT molecular complexity index is 728. The summed E-state index contributed by atoms with van der Waals surface area (Å²) in [5.41, 5.74) is 0.612. The van der Waals surface area contributed by atoms with Gasteiger partial charge >= 0.3 is 6.09 Å². The molecule has 1 fully saturated rings. The van der Waals surface area contributed by atoms with Crippen molar-refractivity contribution in [2.75, 3.05) is 6.54 Å². The molecule has 1 aliphatic heterocycles. The van der Waals surface area contributed by atoms with Crippen LogP contribution in [0.15, 0.2) is 58.6 Å². The van der Waals surface area contributed by atoms with Crippen LogP contribution in [0.5, 0.6) is 0 Å². The Balaban J connectivity index is 1.84. The maximum Gasteiger partial charge on any atom is 0.410 e. The van der Waals surface area contributed by atoms with Gasteiger partial charge in [0.05, 0.1) is 6.04 Å². The molecule has 0 aliphatic carbocycles. The van der Waals surface area contributed by atoms with E-state index < -0.39 is 5.60 Å². The quantitative estimate of drug-likeness (QED) is 0.748. The lowest BCUT2D eigenvalue weighted by Crippen LogP contribution is -2.36. The van der Waals surface area contributed by atoms with Gasteiger partial charge in [-0.2, -0.15) is 0 Å². The summed E-state index contributed by atoms with van der Waals surface area (Å²) in [5.74, 6) is 0. The summed E-state index contributed by atoms with van der Waals surface area (Å²) in [6.07, 6.45) is 3.48. The third-order valence-electron chi connectivity index (χ3n) is 4.00. The molecule has 0 radical (unpaired) electrons. The highest BCUT2D eigenvalue weighted by Gasteiger charge is 2.34. The predicted molar refractivity (Wildman–Crippen MR) is 99.7 cm³/mol. The maximum absolute atomic E-state index is 12.6. The molecule has 25 heavy (non-hydrogen) atoms. The van der Waals surface area contributed by atoms with Crippen molar-refractivity contribution in [3.63, 3.8) is 0 Å². The second-order valence-corrected chi connectivity index (χ2v) is 8.21. The lowest BCUT2D eigenvalue weighted by atomic mass is 10.1. The summed E-state index contributed by atoms with van der Waals surface area (Å²) in [6, 6.07) is 14.2. The van der Waals surface area contributed by atoms with Crippen molar-refractivity contribution < 1.29 is 9.53 Å². The number of pyridine rings is 1. The normalized spacial score (nSPS) is 17.6. The van der Waals surface area contributed by atoms with E-state index >= 15 is 0 Å². The SMILES string of the molecule is CC(C)(C)OC(=O)N1CCC[C@@H]1c1cccnc1Sc1ccccc1. The summed E-state index contributed by atoms with van der Waals surface area (Å²) < 4.78 is 5.59. The second-order valence-electron chi connectivity index (χ2n) is 7.14. The van der Waals surface area contributed by atoms with Crippen molar-refractivity contribution in [3.05, 3.63) is 54.2 Å². The number of likely N-dealkylation sites (tertiary alicyclic amines) is 1. The minimum atomic E-state index is -0.485. The van der Waals surface area contributed by atoms with Crippen LogP contribution in [0.4, 0.5) is 4.79 Å². The highest BCUT2D eigenvalue weighted by atomic mass is 32.2. The second kappa shape index (κ2) is 7.48. The van der Waals surface area contributed by atoms with E-state index in [-0.39, 0.29) is 12.1 Å². The number of benzene rings is 1. The number of aromatic nitrogens is 1. The number of hydrogen-bond acceptors (Lipinski definition) is 4. The number of ether oxygens (including phenoxy) is 1. The molecule has 132 valence electrons. The summed E-state index contributed by atoms with van der Waals surface area (Å²) in [6.45, 7) is 6.42. The van der Waals surface area contributed by atoms with Crippen LogP contribution in [0, 0.1) is 0 Å². The molecule has 0 spiro atoms. The van der Waals surface area contributed by atoms with Gasteiger partial charge in [0.25, 0.3) is 0 Å². The summed E-state index contributed by atoms with van der Waals surface area (Å²) >= 11 is 1.64. The van der Waals surface area contributed by atoms with E-state index in [9.17, 15) is 4.79 Å². The average molecular weight is 356 g/mol. The molecular weight excluding hydrogens is 332 g/mol. The van der Waals surface area contributed by atoms with E-state index in [0.29, 0.717) is 0 Å². The van der Waals surface area contributed by atoms with Crippen molar-refractivity contribution in [3.8, 4) is 0 Å². The van der Waals surface area contributed by atoms with Crippen LogP contribution in [-0.4, -0.2) is 28.1 Å². The molecule has 0 bridgehead atoms. The molecule has 3 rings (SSSR count). The molecule has 2 aromatic rings. The molecule has 1 aromatic carbocycles. The first kappa shape index (κ1) is 17.8. The third-order valence-corrected chi connectivity index (χ3v) is 5.04. The molecular formula is C20H24N2O2S. The van der Waals surface area contributed by atoms with Gasteiger partial charge in [0.15, 0.2) is 0 Å². The number of carbonyl (C=O) groups excluding carboxylic acids is 1. The molecule has 1 aliphatic rings. The number of rotatable bonds is 3. The minimum Gasteiger partial charge on any atom is -0.444 e. The summed E-state index contributed by atoms with van der Waals surface area (Å²) in [7, 11) is 0. The minimum absolute atomic E-state index is 0.0229. The van der Waals surface area contributed by atoms with Gasteiger partial charge in [0.2, 0.25) is 0 Å². The molecule has 2 heterocycles. The third kappa shape index (κ3) is 4.54. The van der Waals surface area contributed by atoms with Gasteiger partial charge in [0.1, 0.15) is 10.6 Å². The topological polar surface area (TPSA) is 42.4 Å². The number of carbonyl (C=O) groups is 1. The molecule has 0 N–H and O–H groups in total. The molecule has 4 nitrogen and oxygen atoms in total. The number of amides is 1. The first-order valence-corrected chi connectivity index (χ1v) is 9.43. The molecule has 1 amide bonds. The van der Waals surface area contributed by atoms with Crippen LogP contribution in [-0.2, 0) is 4.74 Å². The molecule has 1 aromatic heterocycles. The molecule has 1 saturated heterocycles. The van der Waals surface area contributed by atoms with Crippen molar-refractivity contribution in [1.82, 2.24) is 9.88 Å². The predicted octanol–water partition coefficient (Wildman–Crippen LogP) is 5.30. The van der Waals surface area contributed by atoms with Gasteiger partial charge in [-0.05, 0) is 51.8 Å². The van der Waals surface area contributed by atoms with Crippen LogP contribution in [0.1, 0.15) is 45.2 Å². The zero-order chi connectivity index (χ0) is 17.9. The van der Waals surface area contributed by atoms with Gasteiger partial charge < -0.3 is 9.64 Å². The van der Waals surface area contributed by atoms with E-state index in [0.717, 1.165) is 34.9 Å². The molecule has 0 unspecified atom stereocenters. The van der Waals surface area contributed by atoms with Crippen molar-refractivity contribution >= 4 is 17.9 Å². The molecule has 5 heteroatoms. The van der Waals surface area contributed by atoms with Gasteiger partial charge in [-0.15, -0.1) is 0 Å². The zero-order valence-electron chi connectivity index (χ0n) is 14.9. The fraction of sp³-hybridized carbons (Fsp3) is 0.400. The Hall–Kier alpha value is -2.01. The van der Waals surface area contributed by atoms with Crippen LogP contribution < -0.4 is 0 Å². The highest BCUT2D eigenvalue weighted by molar-refractivity contribution is 7.99. The van der Waals surface area contributed by atoms with E-state index in [2.05, 4.69) is 23.2 Å². The fourth-order valence-electron chi connectivity index (χ4n) is 2.97. The monoisotopic (exact) mass is 356 g/mol. The average Bonchev–Trinajstić information content (AvgIpc) is 3.04. The molecule has 1 atom stereocenters. The van der Waals surface area contributed by atoms with Crippen LogP contribution in [0.3, 0.4) is 0 Å². The first-order valence-electron chi connectivity index (χ1n) is 8.61. The number of nitrogens with zero attached hydrogens (tertiary/aromatic N) is 2. The van der Waals surface area contributed by atoms with E-state index in [1.165, 1.54) is 0 Å². The van der Waals surface area contributed by atoms with Crippen molar-refractivity contribution in [2.45, 2.75) is 55.2 Å². The van der Waals surface area contributed by atoms with Crippen LogP contribution in [0.25, 0.3) is 0 Å². The largest absolute Gasteiger partial charge is 0.444 e. The Morgan fingerprint density at radius 3 is 2.68 bits per heavy atom. The zero-order valence-corrected chi connectivity index (χ0v) is 15.8. The van der Waals surface area contributed by atoms with E-state index in [1.807, 2.05) is 56.1 Å². The maximum atomic E-state index is 12.6. The highest BCUT2D eigenvalue weighted by Crippen LogP contribution is 2.39. The standard InChI is InChI=1S/C20H24N2O2S/c1-20(2,3)24-19(23)22-14-8-12-17(22)16-11-7-13-21-18(16)25-15-9-5-4-6-10-15/h4-7,9-11,13,17H,8,12,14H2,1-3H3/t17-/m1/s1. The Kier molecular flexibility index (Phi) is 5.33.